The first-order valence-electron chi connectivity index (χ1n) is 8.91. The monoisotopic (exact) mass is 330 g/mol. The van der Waals surface area contributed by atoms with E-state index in [-0.39, 0.29) is 11.8 Å². The lowest BCUT2D eigenvalue weighted by atomic mass is 10.1. The molecule has 0 radical (unpaired) electrons. The molecule has 24 heavy (non-hydrogen) atoms. The molecule has 0 N–H and O–H groups in total. The number of anilines is 1. The molecule has 2 aliphatic heterocycles. The molecule has 1 aromatic rings. The molecular weight excluding hydrogens is 304 g/mol. The number of rotatable bonds is 2. The second-order valence-corrected chi connectivity index (χ2v) is 6.57. The van der Waals surface area contributed by atoms with E-state index in [9.17, 15) is 9.59 Å². The summed E-state index contributed by atoms with van der Waals surface area (Å²) in [6, 6.07) is 3.72. The van der Waals surface area contributed by atoms with Crippen molar-refractivity contribution in [2.45, 2.75) is 32.6 Å². The van der Waals surface area contributed by atoms with Gasteiger partial charge >= 0.3 is 0 Å². The molecule has 1 aromatic heterocycles. The molecule has 0 aliphatic carbocycles. The van der Waals surface area contributed by atoms with Crippen molar-refractivity contribution in [2.24, 2.45) is 0 Å². The minimum absolute atomic E-state index is 0.0362. The van der Waals surface area contributed by atoms with Crippen molar-refractivity contribution in [1.82, 2.24) is 14.8 Å². The first kappa shape index (κ1) is 16.7. The molecule has 0 saturated carbocycles. The smallest absolute Gasteiger partial charge is 0.257 e. The zero-order valence-electron chi connectivity index (χ0n) is 14.4. The number of aromatic nitrogens is 1. The summed E-state index contributed by atoms with van der Waals surface area (Å²) in [5.41, 5.74) is 0.690. The van der Waals surface area contributed by atoms with Crippen molar-refractivity contribution in [3.8, 4) is 0 Å². The van der Waals surface area contributed by atoms with Crippen molar-refractivity contribution >= 4 is 17.6 Å². The molecule has 130 valence electrons. The Kier molecular flexibility index (Phi) is 5.33. The zero-order chi connectivity index (χ0) is 16.9. The zero-order valence-corrected chi connectivity index (χ0v) is 14.4. The van der Waals surface area contributed by atoms with Crippen molar-refractivity contribution in [3.63, 3.8) is 0 Å². The summed E-state index contributed by atoms with van der Waals surface area (Å²) in [6.07, 6.45) is 6.15. The third kappa shape index (κ3) is 3.68. The van der Waals surface area contributed by atoms with E-state index in [1.165, 1.54) is 6.42 Å². The van der Waals surface area contributed by atoms with Crippen molar-refractivity contribution < 1.29 is 9.59 Å². The van der Waals surface area contributed by atoms with E-state index in [1.807, 2.05) is 21.9 Å². The molecule has 6 heteroatoms. The van der Waals surface area contributed by atoms with E-state index in [1.54, 1.807) is 13.1 Å². The maximum atomic E-state index is 13.0. The molecule has 3 heterocycles. The van der Waals surface area contributed by atoms with Gasteiger partial charge < -0.3 is 14.7 Å². The highest BCUT2D eigenvalue weighted by molar-refractivity contribution is 5.99. The van der Waals surface area contributed by atoms with Crippen LogP contribution in [0.5, 0.6) is 0 Å². The highest BCUT2D eigenvalue weighted by Gasteiger charge is 2.25. The molecule has 0 unspecified atom stereocenters. The highest BCUT2D eigenvalue weighted by atomic mass is 16.2. The lowest BCUT2D eigenvalue weighted by Crippen LogP contribution is -2.38. The molecule has 2 saturated heterocycles. The standard InChI is InChI=1S/C18H26N4O2/c1-15(23)20-11-6-12-22(14-13-20)18(24)16-7-5-8-19-17(16)21-9-3-2-4-10-21/h5,7-8H,2-4,6,9-14H2,1H3. The number of amides is 2. The van der Waals surface area contributed by atoms with Gasteiger partial charge in [-0.3, -0.25) is 9.59 Å². The number of carbonyl (C=O) groups excluding carboxylic acids is 2. The predicted molar refractivity (Wildman–Crippen MR) is 93.1 cm³/mol. The average Bonchev–Trinajstić information content (AvgIpc) is 2.88. The molecule has 3 rings (SSSR count). The SMILES string of the molecule is CC(=O)N1CCCN(C(=O)c2cccnc2N2CCCCC2)CC1. The first-order chi connectivity index (χ1) is 11.7. The van der Waals surface area contributed by atoms with Crippen LogP contribution in [-0.4, -0.2) is 65.9 Å². The van der Waals surface area contributed by atoms with Crippen LogP contribution in [0.15, 0.2) is 18.3 Å². The second kappa shape index (κ2) is 7.64. The summed E-state index contributed by atoms with van der Waals surface area (Å²) < 4.78 is 0. The van der Waals surface area contributed by atoms with Gasteiger partial charge in [0.15, 0.2) is 0 Å². The van der Waals surface area contributed by atoms with Gasteiger partial charge in [0, 0.05) is 52.4 Å². The molecule has 2 fully saturated rings. The number of hydrogen-bond acceptors (Lipinski definition) is 4. The molecular formula is C18H26N4O2. The Morgan fingerprint density at radius 1 is 0.917 bits per heavy atom. The van der Waals surface area contributed by atoms with Crippen LogP contribution >= 0.6 is 0 Å². The summed E-state index contributed by atoms with van der Waals surface area (Å²) in [7, 11) is 0. The minimum atomic E-state index is 0.0362. The molecule has 2 aliphatic rings. The molecule has 0 bridgehead atoms. The topological polar surface area (TPSA) is 56.8 Å². The van der Waals surface area contributed by atoms with E-state index in [2.05, 4.69) is 9.88 Å². The van der Waals surface area contributed by atoms with Crippen LogP contribution < -0.4 is 4.90 Å². The number of carbonyl (C=O) groups is 2. The molecule has 6 nitrogen and oxygen atoms in total. The van der Waals surface area contributed by atoms with Gasteiger partial charge in [0.25, 0.3) is 5.91 Å². The average molecular weight is 330 g/mol. The normalized spacial score (nSPS) is 19.1. The van der Waals surface area contributed by atoms with E-state index < -0.39 is 0 Å². The van der Waals surface area contributed by atoms with Gasteiger partial charge in [-0.15, -0.1) is 0 Å². The quantitative estimate of drug-likeness (QED) is 0.829. The van der Waals surface area contributed by atoms with Crippen LogP contribution in [0, 0.1) is 0 Å². The van der Waals surface area contributed by atoms with Crippen LogP contribution in [0.1, 0.15) is 43.0 Å². The molecule has 0 aromatic carbocycles. The fraction of sp³-hybridized carbons (Fsp3) is 0.611. The Morgan fingerprint density at radius 2 is 1.62 bits per heavy atom. The van der Waals surface area contributed by atoms with Crippen molar-refractivity contribution in [1.29, 1.82) is 0 Å². The van der Waals surface area contributed by atoms with Gasteiger partial charge in [-0.25, -0.2) is 4.98 Å². The van der Waals surface area contributed by atoms with Crippen LogP contribution in [0.2, 0.25) is 0 Å². The largest absolute Gasteiger partial charge is 0.356 e. The number of hydrogen-bond donors (Lipinski definition) is 0. The van der Waals surface area contributed by atoms with Gasteiger partial charge in [0.1, 0.15) is 5.82 Å². The Labute approximate surface area is 143 Å². The van der Waals surface area contributed by atoms with E-state index in [0.29, 0.717) is 25.2 Å². The van der Waals surface area contributed by atoms with E-state index in [4.69, 9.17) is 0 Å². The van der Waals surface area contributed by atoms with Crippen molar-refractivity contribution in [3.05, 3.63) is 23.9 Å². The summed E-state index contributed by atoms with van der Waals surface area (Å²) in [6.45, 7) is 6.15. The van der Waals surface area contributed by atoms with Gasteiger partial charge in [-0.1, -0.05) is 0 Å². The second-order valence-electron chi connectivity index (χ2n) is 6.57. The highest BCUT2D eigenvalue weighted by Crippen LogP contribution is 2.23. The van der Waals surface area contributed by atoms with Gasteiger partial charge in [0.2, 0.25) is 5.91 Å². The van der Waals surface area contributed by atoms with Gasteiger partial charge in [-0.2, -0.15) is 0 Å². The Morgan fingerprint density at radius 3 is 2.38 bits per heavy atom. The predicted octanol–water partition coefficient (Wildman–Crippen LogP) is 1.77. The fourth-order valence-electron chi connectivity index (χ4n) is 3.53. The summed E-state index contributed by atoms with van der Waals surface area (Å²) in [4.78, 5) is 35.0. The van der Waals surface area contributed by atoms with Crippen LogP contribution in [-0.2, 0) is 4.79 Å². The molecule has 0 spiro atoms. The van der Waals surface area contributed by atoms with Gasteiger partial charge in [0.05, 0.1) is 5.56 Å². The van der Waals surface area contributed by atoms with Crippen LogP contribution in [0.3, 0.4) is 0 Å². The first-order valence-corrected chi connectivity index (χ1v) is 8.91. The van der Waals surface area contributed by atoms with Crippen LogP contribution in [0.25, 0.3) is 0 Å². The van der Waals surface area contributed by atoms with Gasteiger partial charge in [-0.05, 0) is 37.8 Å². The maximum Gasteiger partial charge on any atom is 0.257 e. The fourth-order valence-corrected chi connectivity index (χ4v) is 3.53. The Bertz CT molecular complexity index is 598. The lowest BCUT2D eigenvalue weighted by molar-refractivity contribution is -0.128. The number of pyridine rings is 1. The summed E-state index contributed by atoms with van der Waals surface area (Å²) in [5.74, 6) is 0.934. The lowest BCUT2D eigenvalue weighted by Gasteiger charge is -2.30. The van der Waals surface area contributed by atoms with Crippen molar-refractivity contribution in [2.75, 3.05) is 44.2 Å². The molecule has 2 amide bonds. The summed E-state index contributed by atoms with van der Waals surface area (Å²) >= 11 is 0. The number of piperidine rings is 1. The third-order valence-corrected chi connectivity index (χ3v) is 4.90. The summed E-state index contributed by atoms with van der Waals surface area (Å²) in [5, 5.41) is 0. The Hall–Kier alpha value is -2.11. The minimum Gasteiger partial charge on any atom is -0.356 e. The third-order valence-electron chi connectivity index (χ3n) is 4.90. The number of nitrogens with zero attached hydrogens (tertiary/aromatic N) is 4. The maximum absolute atomic E-state index is 13.0. The van der Waals surface area contributed by atoms with Crippen LogP contribution in [0.4, 0.5) is 5.82 Å². The van der Waals surface area contributed by atoms with E-state index >= 15 is 0 Å². The molecule has 0 atom stereocenters. The Balaban J connectivity index is 1.76. The van der Waals surface area contributed by atoms with E-state index in [0.717, 1.165) is 44.7 Å².